The first-order valence-corrected chi connectivity index (χ1v) is 5.73. The van der Waals surface area contributed by atoms with Crippen LogP contribution in [0.1, 0.15) is 17.3 Å². The Labute approximate surface area is 92.1 Å². The average Bonchev–Trinajstić information content (AvgIpc) is 2.46. The summed E-state index contributed by atoms with van der Waals surface area (Å²) < 4.78 is 37.4. The standard InChI is InChI=1S/C7H11N3O5S/c1-3-15-7(11)5-4-8-10(2)6(5)9-16(12,13)14/h4,9H,3H2,1-2H3,(H,12,13,14). The number of aryl methyl sites for hydroxylation is 1. The van der Waals surface area contributed by atoms with Crippen molar-refractivity contribution in [3.8, 4) is 0 Å². The fraction of sp³-hybridized carbons (Fsp3) is 0.429. The minimum absolute atomic E-state index is 0.0676. The second kappa shape index (κ2) is 4.49. The number of nitrogens with one attached hydrogen (secondary N) is 1. The van der Waals surface area contributed by atoms with E-state index in [1.807, 2.05) is 0 Å². The van der Waals surface area contributed by atoms with Gasteiger partial charge in [0.1, 0.15) is 5.56 Å². The Bertz CT molecular complexity index is 492. The topological polar surface area (TPSA) is 111 Å². The zero-order valence-electron chi connectivity index (χ0n) is 8.67. The van der Waals surface area contributed by atoms with Crippen LogP contribution < -0.4 is 4.72 Å². The molecule has 0 saturated heterocycles. The van der Waals surface area contributed by atoms with Crippen molar-refractivity contribution in [1.29, 1.82) is 0 Å². The van der Waals surface area contributed by atoms with E-state index in [2.05, 4.69) is 9.84 Å². The van der Waals surface area contributed by atoms with Gasteiger partial charge in [0, 0.05) is 7.05 Å². The van der Waals surface area contributed by atoms with Gasteiger partial charge in [-0.2, -0.15) is 13.5 Å². The zero-order valence-corrected chi connectivity index (χ0v) is 9.48. The van der Waals surface area contributed by atoms with Crippen molar-refractivity contribution in [3.63, 3.8) is 0 Å². The van der Waals surface area contributed by atoms with Crippen molar-refractivity contribution in [3.05, 3.63) is 11.8 Å². The molecule has 0 atom stereocenters. The van der Waals surface area contributed by atoms with E-state index in [0.29, 0.717) is 0 Å². The van der Waals surface area contributed by atoms with Crippen molar-refractivity contribution < 1.29 is 22.5 Å². The van der Waals surface area contributed by atoms with Gasteiger partial charge in [-0.05, 0) is 6.92 Å². The van der Waals surface area contributed by atoms with E-state index in [-0.39, 0.29) is 18.0 Å². The SMILES string of the molecule is CCOC(=O)c1cnn(C)c1NS(=O)(=O)O. The summed E-state index contributed by atoms with van der Waals surface area (Å²) in [5.41, 5.74) is -0.0676. The molecule has 0 bridgehead atoms. The smallest absolute Gasteiger partial charge is 0.358 e. The molecule has 0 saturated carbocycles. The molecule has 1 aromatic heterocycles. The van der Waals surface area contributed by atoms with Gasteiger partial charge in [-0.15, -0.1) is 0 Å². The van der Waals surface area contributed by atoms with Crippen molar-refractivity contribution in [2.24, 2.45) is 7.05 Å². The van der Waals surface area contributed by atoms with Crippen LogP contribution in [-0.4, -0.2) is 35.3 Å². The molecule has 0 aromatic carbocycles. The lowest BCUT2D eigenvalue weighted by Crippen LogP contribution is -2.16. The predicted molar refractivity (Wildman–Crippen MR) is 54.3 cm³/mol. The number of esters is 1. The normalized spacial score (nSPS) is 11.2. The fourth-order valence-electron chi connectivity index (χ4n) is 1.04. The largest absolute Gasteiger partial charge is 0.462 e. The number of nitrogens with zero attached hydrogens (tertiary/aromatic N) is 2. The lowest BCUT2D eigenvalue weighted by Gasteiger charge is -2.05. The first-order chi connectivity index (χ1) is 7.35. The summed E-state index contributed by atoms with van der Waals surface area (Å²) >= 11 is 0. The maximum atomic E-state index is 11.4. The van der Waals surface area contributed by atoms with Crippen LogP contribution in [0.5, 0.6) is 0 Å². The molecule has 9 heteroatoms. The highest BCUT2D eigenvalue weighted by atomic mass is 32.2. The van der Waals surface area contributed by atoms with Crippen LogP contribution in [0.2, 0.25) is 0 Å². The molecule has 0 aliphatic carbocycles. The maximum Gasteiger partial charge on any atom is 0.358 e. The summed E-state index contributed by atoms with van der Waals surface area (Å²) in [6, 6.07) is 0. The Hall–Kier alpha value is -1.61. The van der Waals surface area contributed by atoms with Crippen LogP contribution >= 0.6 is 0 Å². The quantitative estimate of drug-likeness (QED) is 0.565. The van der Waals surface area contributed by atoms with Crippen molar-refractivity contribution in [2.75, 3.05) is 11.3 Å². The number of carbonyl (C=O) groups is 1. The number of aromatic nitrogens is 2. The minimum atomic E-state index is -4.46. The van der Waals surface area contributed by atoms with Crippen LogP contribution in [0, 0.1) is 0 Å². The van der Waals surface area contributed by atoms with Crippen LogP contribution in [0.15, 0.2) is 6.20 Å². The molecule has 8 nitrogen and oxygen atoms in total. The van der Waals surface area contributed by atoms with Gasteiger partial charge in [-0.25, -0.2) is 9.52 Å². The first kappa shape index (κ1) is 12.5. The Balaban J connectivity index is 3.08. The molecular formula is C7H11N3O5S. The number of hydrogen-bond donors (Lipinski definition) is 2. The summed E-state index contributed by atoms with van der Waals surface area (Å²) in [6.45, 7) is 1.77. The Morgan fingerprint density at radius 2 is 2.31 bits per heavy atom. The summed E-state index contributed by atoms with van der Waals surface area (Å²) in [7, 11) is -3.05. The third-order valence-corrected chi connectivity index (χ3v) is 2.11. The van der Waals surface area contributed by atoms with Crippen LogP contribution in [-0.2, 0) is 22.1 Å². The number of anilines is 1. The molecule has 1 rings (SSSR count). The Morgan fingerprint density at radius 3 is 2.81 bits per heavy atom. The molecule has 1 aromatic rings. The van der Waals surface area contributed by atoms with Crippen LogP contribution in [0.25, 0.3) is 0 Å². The van der Waals surface area contributed by atoms with Crippen LogP contribution in [0.4, 0.5) is 5.82 Å². The van der Waals surface area contributed by atoms with Gasteiger partial charge in [-0.3, -0.25) is 9.23 Å². The predicted octanol–water partition coefficient (Wildman–Crippen LogP) is -0.188. The van der Waals surface area contributed by atoms with Crippen molar-refractivity contribution in [2.45, 2.75) is 6.92 Å². The molecule has 2 N–H and O–H groups in total. The van der Waals surface area contributed by atoms with E-state index < -0.39 is 16.3 Å². The summed E-state index contributed by atoms with van der Waals surface area (Å²) in [6.07, 6.45) is 1.14. The molecule has 0 unspecified atom stereocenters. The Kier molecular flexibility index (Phi) is 3.50. The van der Waals surface area contributed by atoms with E-state index in [4.69, 9.17) is 4.55 Å². The maximum absolute atomic E-state index is 11.4. The molecule has 1 heterocycles. The van der Waals surface area contributed by atoms with Crippen molar-refractivity contribution >= 4 is 22.1 Å². The van der Waals surface area contributed by atoms with E-state index in [9.17, 15) is 13.2 Å². The third kappa shape index (κ3) is 2.94. The number of carbonyl (C=O) groups excluding carboxylic acids is 1. The van der Waals surface area contributed by atoms with Gasteiger partial charge in [0.2, 0.25) is 0 Å². The van der Waals surface area contributed by atoms with E-state index >= 15 is 0 Å². The molecule has 0 spiro atoms. The number of ether oxygens (including phenoxy) is 1. The lowest BCUT2D eigenvalue weighted by atomic mass is 10.3. The van der Waals surface area contributed by atoms with Gasteiger partial charge < -0.3 is 4.74 Å². The molecule has 0 aliphatic heterocycles. The number of rotatable bonds is 4. The van der Waals surface area contributed by atoms with Gasteiger partial charge in [-0.1, -0.05) is 0 Å². The summed E-state index contributed by atoms with van der Waals surface area (Å²) in [5.74, 6) is -0.872. The van der Waals surface area contributed by atoms with Crippen molar-refractivity contribution in [1.82, 2.24) is 9.78 Å². The summed E-state index contributed by atoms with van der Waals surface area (Å²) in [4.78, 5) is 11.4. The van der Waals surface area contributed by atoms with Gasteiger partial charge in [0.15, 0.2) is 5.82 Å². The second-order valence-corrected chi connectivity index (χ2v) is 3.98. The lowest BCUT2D eigenvalue weighted by molar-refractivity contribution is 0.0527. The first-order valence-electron chi connectivity index (χ1n) is 4.29. The zero-order chi connectivity index (χ0) is 12.3. The monoisotopic (exact) mass is 249 g/mol. The highest BCUT2D eigenvalue weighted by molar-refractivity contribution is 7.87. The highest BCUT2D eigenvalue weighted by Crippen LogP contribution is 2.16. The molecular weight excluding hydrogens is 238 g/mol. The van der Waals surface area contributed by atoms with Gasteiger partial charge >= 0.3 is 16.3 Å². The molecule has 16 heavy (non-hydrogen) atoms. The molecule has 0 fully saturated rings. The van der Waals surface area contributed by atoms with E-state index in [1.54, 1.807) is 11.6 Å². The number of hydrogen-bond acceptors (Lipinski definition) is 5. The highest BCUT2D eigenvalue weighted by Gasteiger charge is 2.20. The van der Waals surface area contributed by atoms with Gasteiger partial charge in [0.25, 0.3) is 0 Å². The summed E-state index contributed by atoms with van der Waals surface area (Å²) in [5, 5.41) is 3.68. The Morgan fingerprint density at radius 1 is 1.69 bits per heavy atom. The fourth-order valence-corrected chi connectivity index (χ4v) is 1.53. The molecule has 0 amide bonds. The van der Waals surface area contributed by atoms with E-state index in [1.165, 1.54) is 7.05 Å². The van der Waals surface area contributed by atoms with E-state index in [0.717, 1.165) is 10.9 Å². The minimum Gasteiger partial charge on any atom is -0.462 e. The molecule has 90 valence electrons. The third-order valence-electron chi connectivity index (χ3n) is 1.66. The van der Waals surface area contributed by atoms with Gasteiger partial charge in [0.05, 0.1) is 12.8 Å². The van der Waals surface area contributed by atoms with Crippen LogP contribution in [0.3, 0.4) is 0 Å². The second-order valence-electron chi connectivity index (χ2n) is 2.83. The molecule has 0 aliphatic rings. The average molecular weight is 249 g/mol. The molecule has 0 radical (unpaired) electrons.